The normalized spacial score (nSPS) is 31.1. The number of carbonyl (C=O) groups excluding carboxylic acids is 1. The Labute approximate surface area is 88.7 Å². The van der Waals surface area contributed by atoms with E-state index in [0.717, 1.165) is 0 Å². The molecule has 0 aromatic rings. The van der Waals surface area contributed by atoms with E-state index in [-0.39, 0.29) is 17.5 Å². The van der Waals surface area contributed by atoms with Crippen LogP contribution in [0.1, 0.15) is 19.8 Å². The Kier molecular flexibility index (Phi) is 2.50. The molecule has 0 aromatic carbocycles. The van der Waals surface area contributed by atoms with Gasteiger partial charge in [0.25, 0.3) is 0 Å². The fourth-order valence-electron chi connectivity index (χ4n) is 1.95. The zero-order valence-electron chi connectivity index (χ0n) is 8.56. The summed E-state index contributed by atoms with van der Waals surface area (Å²) < 4.78 is 32.5. The van der Waals surface area contributed by atoms with Crippen LogP contribution in [0.4, 0.5) is 0 Å². The molecule has 1 unspecified atom stereocenters. The first-order valence-corrected chi connectivity index (χ1v) is 6.86. The molecule has 1 atom stereocenters. The smallest absolute Gasteiger partial charge is 0.338 e. The Morgan fingerprint density at radius 3 is 2.60 bits per heavy atom. The Hall–Kier alpha value is -0.620. The van der Waals surface area contributed by atoms with E-state index in [2.05, 4.69) is 0 Å². The molecule has 2 heterocycles. The number of epoxide rings is 1. The minimum absolute atomic E-state index is 0.114. The summed E-state index contributed by atoms with van der Waals surface area (Å²) in [6.45, 7) is 2.06. The molecule has 6 heteroatoms. The molecule has 0 saturated carbocycles. The first-order chi connectivity index (χ1) is 6.99. The monoisotopic (exact) mass is 234 g/mol. The second-order valence-electron chi connectivity index (χ2n) is 3.97. The lowest BCUT2D eigenvalue weighted by atomic mass is 9.98. The Morgan fingerprint density at radius 1 is 1.47 bits per heavy atom. The average molecular weight is 234 g/mol. The van der Waals surface area contributed by atoms with E-state index in [1.54, 1.807) is 6.92 Å². The highest BCUT2D eigenvalue weighted by molar-refractivity contribution is 7.91. The summed E-state index contributed by atoms with van der Waals surface area (Å²) in [7, 11) is -2.91. The standard InChI is InChI=1S/C9H14O5S/c1-2-13-8(10)7-9(14-7)3-5-15(11,12)6-4-9/h7H,2-6H2,1H3. The van der Waals surface area contributed by atoms with Crippen LogP contribution in [0, 0.1) is 0 Å². The van der Waals surface area contributed by atoms with Crippen LogP contribution in [0.3, 0.4) is 0 Å². The maximum absolute atomic E-state index is 11.3. The molecule has 0 amide bonds. The third kappa shape index (κ3) is 2.01. The van der Waals surface area contributed by atoms with Crippen LogP contribution in [0.5, 0.6) is 0 Å². The largest absolute Gasteiger partial charge is 0.464 e. The van der Waals surface area contributed by atoms with Crippen molar-refractivity contribution in [3.05, 3.63) is 0 Å². The molecule has 1 spiro atoms. The predicted molar refractivity (Wildman–Crippen MR) is 52.1 cm³/mol. The zero-order valence-corrected chi connectivity index (χ0v) is 9.38. The van der Waals surface area contributed by atoms with Crippen LogP contribution < -0.4 is 0 Å². The first-order valence-electron chi connectivity index (χ1n) is 5.04. The molecule has 0 aromatic heterocycles. The van der Waals surface area contributed by atoms with Gasteiger partial charge in [-0.25, -0.2) is 13.2 Å². The summed E-state index contributed by atoms with van der Waals surface area (Å²) in [4.78, 5) is 11.3. The van der Waals surface area contributed by atoms with Crippen molar-refractivity contribution in [3.63, 3.8) is 0 Å². The minimum Gasteiger partial charge on any atom is -0.464 e. The van der Waals surface area contributed by atoms with Crippen LogP contribution in [0.2, 0.25) is 0 Å². The predicted octanol–water partition coefficient (Wildman–Crippen LogP) is -0.104. The van der Waals surface area contributed by atoms with Gasteiger partial charge in [0.15, 0.2) is 15.9 Å². The maximum Gasteiger partial charge on any atom is 0.338 e. The average Bonchev–Trinajstić information content (AvgIpc) is 2.87. The van der Waals surface area contributed by atoms with E-state index in [1.807, 2.05) is 0 Å². The van der Waals surface area contributed by atoms with Crippen molar-refractivity contribution < 1.29 is 22.7 Å². The second kappa shape index (κ2) is 3.45. The first kappa shape index (κ1) is 10.9. The van der Waals surface area contributed by atoms with Gasteiger partial charge in [-0.15, -0.1) is 0 Å². The van der Waals surface area contributed by atoms with E-state index in [4.69, 9.17) is 9.47 Å². The summed E-state index contributed by atoms with van der Waals surface area (Å²) in [5, 5.41) is 0. The van der Waals surface area contributed by atoms with E-state index in [0.29, 0.717) is 19.4 Å². The molecule has 0 N–H and O–H groups in total. The minimum atomic E-state index is -2.91. The molecule has 0 aliphatic carbocycles. The van der Waals surface area contributed by atoms with Gasteiger partial charge in [-0.2, -0.15) is 0 Å². The topological polar surface area (TPSA) is 73.0 Å². The van der Waals surface area contributed by atoms with Crippen LogP contribution in [0.25, 0.3) is 0 Å². The lowest BCUT2D eigenvalue weighted by molar-refractivity contribution is -0.144. The third-order valence-corrected chi connectivity index (χ3v) is 4.60. The second-order valence-corrected chi connectivity index (χ2v) is 6.27. The van der Waals surface area contributed by atoms with Crippen LogP contribution >= 0.6 is 0 Å². The van der Waals surface area contributed by atoms with E-state index >= 15 is 0 Å². The Balaban J connectivity index is 1.95. The summed E-state index contributed by atoms with van der Waals surface area (Å²) in [5.74, 6) is -0.136. The summed E-state index contributed by atoms with van der Waals surface area (Å²) in [6.07, 6.45) is 0.297. The molecule has 2 aliphatic heterocycles. The van der Waals surface area contributed by atoms with Gasteiger partial charge in [0.05, 0.1) is 18.1 Å². The fourth-order valence-corrected chi connectivity index (χ4v) is 3.46. The van der Waals surface area contributed by atoms with Gasteiger partial charge in [0.1, 0.15) is 5.60 Å². The van der Waals surface area contributed by atoms with Gasteiger partial charge in [-0.1, -0.05) is 0 Å². The molecule has 2 aliphatic rings. The number of esters is 1. The SMILES string of the molecule is CCOC(=O)C1OC12CCS(=O)(=O)CC2. The fraction of sp³-hybridized carbons (Fsp3) is 0.889. The number of ether oxygens (including phenoxy) is 2. The highest BCUT2D eigenvalue weighted by Gasteiger charge is 2.62. The molecular formula is C9H14O5S. The van der Waals surface area contributed by atoms with Crippen molar-refractivity contribution in [1.82, 2.24) is 0 Å². The molecule has 2 saturated heterocycles. The molecule has 86 valence electrons. The Bertz CT molecular complexity index is 358. The lowest BCUT2D eigenvalue weighted by Crippen LogP contribution is -2.33. The maximum atomic E-state index is 11.3. The number of hydrogen-bond acceptors (Lipinski definition) is 5. The van der Waals surface area contributed by atoms with Crippen molar-refractivity contribution in [2.45, 2.75) is 31.5 Å². The molecular weight excluding hydrogens is 220 g/mol. The summed E-state index contributed by atoms with van der Waals surface area (Å²) >= 11 is 0. The third-order valence-electron chi connectivity index (χ3n) is 2.95. The number of hydrogen-bond donors (Lipinski definition) is 0. The zero-order chi connectivity index (χ0) is 11.1. The molecule has 2 rings (SSSR count). The van der Waals surface area contributed by atoms with E-state index in [1.165, 1.54) is 0 Å². The molecule has 5 nitrogen and oxygen atoms in total. The van der Waals surface area contributed by atoms with Crippen molar-refractivity contribution in [2.75, 3.05) is 18.1 Å². The number of carbonyl (C=O) groups is 1. The van der Waals surface area contributed by atoms with Gasteiger partial charge in [-0.05, 0) is 19.8 Å². The quantitative estimate of drug-likeness (QED) is 0.492. The molecule has 2 fully saturated rings. The summed E-state index contributed by atoms with van der Waals surface area (Å²) in [5.41, 5.74) is -0.530. The van der Waals surface area contributed by atoms with Crippen molar-refractivity contribution in [1.29, 1.82) is 0 Å². The van der Waals surface area contributed by atoms with Crippen molar-refractivity contribution in [3.8, 4) is 0 Å². The number of rotatable bonds is 2. The van der Waals surface area contributed by atoms with Gasteiger partial charge in [0.2, 0.25) is 0 Å². The van der Waals surface area contributed by atoms with Gasteiger partial charge >= 0.3 is 5.97 Å². The van der Waals surface area contributed by atoms with Crippen LogP contribution in [-0.4, -0.2) is 44.2 Å². The summed E-state index contributed by atoms with van der Waals surface area (Å²) in [6, 6.07) is 0. The van der Waals surface area contributed by atoms with Gasteiger partial charge in [-0.3, -0.25) is 0 Å². The van der Waals surface area contributed by atoms with Crippen molar-refractivity contribution >= 4 is 15.8 Å². The van der Waals surface area contributed by atoms with E-state index in [9.17, 15) is 13.2 Å². The molecule has 15 heavy (non-hydrogen) atoms. The van der Waals surface area contributed by atoms with Gasteiger partial charge in [0, 0.05) is 0 Å². The van der Waals surface area contributed by atoms with Crippen molar-refractivity contribution in [2.24, 2.45) is 0 Å². The van der Waals surface area contributed by atoms with Gasteiger partial charge < -0.3 is 9.47 Å². The highest BCUT2D eigenvalue weighted by atomic mass is 32.2. The number of sulfone groups is 1. The molecule has 0 bridgehead atoms. The highest BCUT2D eigenvalue weighted by Crippen LogP contribution is 2.46. The van der Waals surface area contributed by atoms with Crippen LogP contribution in [-0.2, 0) is 24.1 Å². The Morgan fingerprint density at radius 2 is 2.07 bits per heavy atom. The lowest BCUT2D eigenvalue weighted by Gasteiger charge is -2.18. The van der Waals surface area contributed by atoms with E-state index < -0.39 is 21.5 Å². The molecule has 0 radical (unpaired) electrons. The van der Waals surface area contributed by atoms with Crippen LogP contribution in [0.15, 0.2) is 0 Å².